The lowest BCUT2D eigenvalue weighted by molar-refractivity contribution is -0.136. The molecule has 1 aromatic heterocycles. The minimum Gasteiger partial charge on any atom is -0.481 e. The van der Waals surface area contributed by atoms with Crippen LogP contribution in [0.5, 0.6) is 0 Å². The maximum atomic E-state index is 10.6. The Labute approximate surface area is 116 Å². The SMILES string of the molecule is Cl.Nc1nccc(Nc2cccc(CC(=O)O)c2)n1. The Morgan fingerprint density at radius 3 is 2.84 bits per heavy atom. The zero-order chi connectivity index (χ0) is 13.0. The van der Waals surface area contributed by atoms with Gasteiger partial charge in [0.15, 0.2) is 0 Å². The number of aromatic nitrogens is 2. The van der Waals surface area contributed by atoms with Crippen LogP contribution in [-0.2, 0) is 11.2 Å². The average Bonchev–Trinajstić information content (AvgIpc) is 2.28. The molecule has 0 unspecified atom stereocenters. The highest BCUT2D eigenvalue weighted by Gasteiger charge is 2.02. The number of nitrogens with two attached hydrogens (primary N) is 1. The van der Waals surface area contributed by atoms with E-state index in [2.05, 4.69) is 15.3 Å². The Kier molecular flexibility index (Phi) is 5.08. The first-order chi connectivity index (χ1) is 8.63. The Morgan fingerprint density at radius 1 is 1.37 bits per heavy atom. The third-order valence-electron chi connectivity index (χ3n) is 2.23. The highest BCUT2D eigenvalue weighted by molar-refractivity contribution is 5.85. The summed E-state index contributed by atoms with van der Waals surface area (Å²) in [5.41, 5.74) is 6.94. The lowest BCUT2D eigenvalue weighted by atomic mass is 10.1. The predicted octanol–water partition coefficient (Wildman–Crippen LogP) is 1.85. The number of hydrogen-bond donors (Lipinski definition) is 3. The second-order valence-corrected chi connectivity index (χ2v) is 3.70. The lowest BCUT2D eigenvalue weighted by Crippen LogP contribution is -2.02. The monoisotopic (exact) mass is 280 g/mol. The van der Waals surface area contributed by atoms with Crippen LogP contribution in [0.4, 0.5) is 17.5 Å². The zero-order valence-electron chi connectivity index (χ0n) is 9.91. The van der Waals surface area contributed by atoms with Crippen molar-refractivity contribution < 1.29 is 9.90 Å². The molecule has 0 saturated carbocycles. The summed E-state index contributed by atoms with van der Waals surface area (Å²) in [4.78, 5) is 18.4. The minimum absolute atomic E-state index is 0. The number of nitrogens with one attached hydrogen (secondary N) is 1. The number of carbonyl (C=O) groups is 1. The first-order valence-electron chi connectivity index (χ1n) is 5.30. The van der Waals surface area contributed by atoms with Crippen LogP contribution in [0.1, 0.15) is 5.56 Å². The van der Waals surface area contributed by atoms with Crippen LogP contribution in [-0.4, -0.2) is 21.0 Å². The summed E-state index contributed by atoms with van der Waals surface area (Å²) in [6, 6.07) is 8.80. The summed E-state index contributed by atoms with van der Waals surface area (Å²) < 4.78 is 0. The number of benzene rings is 1. The van der Waals surface area contributed by atoms with Crippen molar-refractivity contribution in [3.05, 3.63) is 42.1 Å². The van der Waals surface area contributed by atoms with Gasteiger partial charge in [0.05, 0.1) is 6.42 Å². The van der Waals surface area contributed by atoms with E-state index in [4.69, 9.17) is 10.8 Å². The second kappa shape index (κ2) is 6.55. The molecule has 0 radical (unpaired) electrons. The molecule has 0 fully saturated rings. The van der Waals surface area contributed by atoms with E-state index in [1.54, 1.807) is 30.5 Å². The lowest BCUT2D eigenvalue weighted by Gasteiger charge is -2.07. The highest BCUT2D eigenvalue weighted by Crippen LogP contribution is 2.16. The van der Waals surface area contributed by atoms with Crippen molar-refractivity contribution in [1.29, 1.82) is 0 Å². The fourth-order valence-electron chi connectivity index (χ4n) is 1.52. The Balaban J connectivity index is 0.00000180. The second-order valence-electron chi connectivity index (χ2n) is 3.70. The normalized spacial score (nSPS) is 9.47. The molecule has 4 N–H and O–H groups in total. The molecule has 0 aliphatic rings. The number of hydrogen-bond acceptors (Lipinski definition) is 5. The van der Waals surface area contributed by atoms with Gasteiger partial charge in [0.25, 0.3) is 0 Å². The first-order valence-corrected chi connectivity index (χ1v) is 5.30. The van der Waals surface area contributed by atoms with Gasteiger partial charge in [0.1, 0.15) is 5.82 Å². The van der Waals surface area contributed by atoms with E-state index in [-0.39, 0.29) is 24.8 Å². The van der Waals surface area contributed by atoms with E-state index in [0.29, 0.717) is 5.82 Å². The minimum atomic E-state index is -0.863. The molecule has 0 atom stereocenters. The van der Waals surface area contributed by atoms with Gasteiger partial charge >= 0.3 is 5.97 Å². The molecule has 1 aromatic carbocycles. The van der Waals surface area contributed by atoms with E-state index < -0.39 is 5.97 Å². The topological polar surface area (TPSA) is 101 Å². The van der Waals surface area contributed by atoms with Crippen molar-refractivity contribution in [3.8, 4) is 0 Å². The van der Waals surface area contributed by atoms with Gasteiger partial charge in [-0.2, -0.15) is 4.98 Å². The van der Waals surface area contributed by atoms with Crippen LogP contribution >= 0.6 is 12.4 Å². The van der Waals surface area contributed by atoms with Gasteiger partial charge in [-0.1, -0.05) is 12.1 Å². The van der Waals surface area contributed by atoms with Crippen molar-refractivity contribution in [1.82, 2.24) is 9.97 Å². The third kappa shape index (κ3) is 4.44. The zero-order valence-corrected chi connectivity index (χ0v) is 10.7. The summed E-state index contributed by atoms with van der Waals surface area (Å²) in [6.07, 6.45) is 1.53. The van der Waals surface area contributed by atoms with E-state index >= 15 is 0 Å². The molecule has 0 amide bonds. The van der Waals surface area contributed by atoms with Crippen molar-refractivity contribution in [2.45, 2.75) is 6.42 Å². The van der Waals surface area contributed by atoms with E-state index in [1.165, 1.54) is 0 Å². The van der Waals surface area contributed by atoms with Gasteiger partial charge in [-0.25, -0.2) is 4.98 Å². The molecular formula is C12H13ClN4O2. The number of rotatable bonds is 4. The van der Waals surface area contributed by atoms with Crippen molar-refractivity contribution in [2.24, 2.45) is 0 Å². The van der Waals surface area contributed by atoms with Crippen molar-refractivity contribution in [3.63, 3.8) is 0 Å². The van der Waals surface area contributed by atoms with Crippen LogP contribution < -0.4 is 11.1 Å². The summed E-state index contributed by atoms with van der Waals surface area (Å²) in [5.74, 6) is -0.116. The van der Waals surface area contributed by atoms with E-state index in [1.807, 2.05) is 6.07 Å². The summed E-state index contributed by atoms with van der Waals surface area (Å²) in [7, 11) is 0. The quantitative estimate of drug-likeness (QED) is 0.790. The molecule has 0 spiro atoms. The molecule has 2 rings (SSSR count). The average molecular weight is 281 g/mol. The molecule has 19 heavy (non-hydrogen) atoms. The number of carboxylic acid groups (broad SMARTS) is 1. The largest absolute Gasteiger partial charge is 0.481 e. The molecular weight excluding hydrogens is 268 g/mol. The molecule has 2 aromatic rings. The molecule has 0 bridgehead atoms. The number of carboxylic acids is 1. The standard InChI is InChI=1S/C12H12N4O2.ClH/c13-12-14-5-4-10(16-12)15-9-3-1-2-8(6-9)7-11(17)18;/h1-6H,7H2,(H,17,18)(H3,13,14,15,16);1H. The first kappa shape index (κ1) is 14.7. The number of halogens is 1. The third-order valence-corrected chi connectivity index (χ3v) is 2.23. The van der Waals surface area contributed by atoms with Gasteiger partial charge in [-0.3, -0.25) is 4.79 Å². The number of nitrogen functional groups attached to an aromatic ring is 1. The van der Waals surface area contributed by atoms with Gasteiger partial charge in [-0.15, -0.1) is 12.4 Å². The smallest absolute Gasteiger partial charge is 0.307 e. The van der Waals surface area contributed by atoms with E-state index in [9.17, 15) is 4.79 Å². The molecule has 0 aliphatic carbocycles. The summed E-state index contributed by atoms with van der Waals surface area (Å²) in [6.45, 7) is 0. The molecule has 6 nitrogen and oxygen atoms in total. The molecule has 0 saturated heterocycles. The maximum Gasteiger partial charge on any atom is 0.307 e. The van der Waals surface area contributed by atoms with Gasteiger partial charge in [0, 0.05) is 11.9 Å². The number of nitrogens with zero attached hydrogens (tertiary/aromatic N) is 2. The van der Waals surface area contributed by atoms with Gasteiger partial charge < -0.3 is 16.2 Å². The molecule has 100 valence electrons. The summed E-state index contributed by atoms with van der Waals surface area (Å²) in [5, 5.41) is 11.8. The highest BCUT2D eigenvalue weighted by atomic mass is 35.5. The molecule has 0 aliphatic heterocycles. The van der Waals surface area contributed by atoms with Crippen LogP contribution in [0, 0.1) is 0 Å². The Hall–Kier alpha value is -2.34. The van der Waals surface area contributed by atoms with Crippen molar-refractivity contribution in [2.75, 3.05) is 11.1 Å². The molecule has 1 heterocycles. The van der Waals surface area contributed by atoms with Gasteiger partial charge in [0.2, 0.25) is 5.95 Å². The van der Waals surface area contributed by atoms with E-state index in [0.717, 1.165) is 11.3 Å². The van der Waals surface area contributed by atoms with Crippen LogP contribution in [0.25, 0.3) is 0 Å². The fourth-order valence-corrected chi connectivity index (χ4v) is 1.52. The maximum absolute atomic E-state index is 10.6. The van der Waals surface area contributed by atoms with Crippen molar-refractivity contribution >= 4 is 35.8 Å². The van der Waals surface area contributed by atoms with Crippen LogP contribution in [0.2, 0.25) is 0 Å². The van der Waals surface area contributed by atoms with Crippen LogP contribution in [0.3, 0.4) is 0 Å². The van der Waals surface area contributed by atoms with Gasteiger partial charge in [-0.05, 0) is 23.8 Å². The Morgan fingerprint density at radius 2 is 2.16 bits per heavy atom. The number of aliphatic carboxylic acids is 1. The summed E-state index contributed by atoms with van der Waals surface area (Å²) >= 11 is 0. The van der Waals surface area contributed by atoms with Crippen LogP contribution in [0.15, 0.2) is 36.5 Å². The fraction of sp³-hybridized carbons (Fsp3) is 0.0833. The molecule has 7 heteroatoms. The Bertz CT molecular complexity index is 577. The predicted molar refractivity (Wildman–Crippen MR) is 74.8 cm³/mol. The number of anilines is 3.